The molecule has 2 aromatic carbocycles. The van der Waals surface area contributed by atoms with E-state index in [9.17, 15) is 0 Å². The first-order valence-electron chi connectivity index (χ1n) is 10.1. The predicted octanol–water partition coefficient (Wildman–Crippen LogP) is 6.80. The molecule has 0 saturated heterocycles. The van der Waals surface area contributed by atoms with Gasteiger partial charge < -0.3 is 14.8 Å². The molecule has 2 rings (SSSR count). The normalized spacial score (nSPS) is 10.4. The fraction of sp³-hybridized carbons (Fsp3) is 0.478. The summed E-state index contributed by atoms with van der Waals surface area (Å²) in [6.45, 7) is 7.16. The van der Waals surface area contributed by atoms with E-state index in [4.69, 9.17) is 21.1 Å². The Labute approximate surface area is 181 Å². The van der Waals surface area contributed by atoms with E-state index in [-0.39, 0.29) is 12.4 Å². The number of nitrogens with one attached hydrogen (secondary N) is 1. The van der Waals surface area contributed by atoms with Crippen LogP contribution in [-0.2, 0) is 13.2 Å². The van der Waals surface area contributed by atoms with Crippen LogP contribution in [0.25, 0.3) is 0 Å². The van der Waals surface area contributed by atoms with Gasteiger partial charge in [-0.15, -0.1) is 12.4 Å². The van der Waals surface area contributed by atoms with Gasteiger partial charge in [0, 0.05) is 17.1 Å². The molecule has 2 aromatic rings. The zero-order chi connectivity index (χ0) is 19.3. The maximum Gasteiger partial charge on any atom is 0.161 e. The molecule has 0 amide bonds. The summed E-state index contributed by atoms with van der Waals surface area (Å²) >= 11 is 6.21. The van der Waals surface area contributed by atoms with Crippen LogP contribution in [0, 0.1) is 0 Å². The van der Waals surface area contributed by atoms with Crippen molar-refractivity contribution in [2.45, 2.75) is 59.1 Å². The van der Waals surface area contributed by atoms with Crippen molar-refractivity contribution in [1.29, 1.82) is 0 Å². The number of hydrogen-bond acceptors (Lipinski definition) is 3. The largest absolute Gasteiger partial charge is 0.490 e. The molecule has 3 nitrogen and oxygen atoms in total. The van der Waals surface area contributed by atoms with E-state index in [0.717, 1.165) is 35.2 Å². The number of ether oxygens (including phenoxy) is 2. The van der Waals surface area contributed by atoms with Gasteiger partial charge in [-0.3, -0.25) is 0 Å². The highest BCUT2D eigenvalue weighted by molar-refractivity contribution is 6.31. The average Bonchev–Trinajstić information content (AvgIpc) is 2.68. The molecule has 1 N–H and O–H groups in total. The summed E-state index contributed by atoms with van der Waals surface area (Å²) in [5.74, 6) is 1.53. The third-order valence-corrected chi connectivity index (χ3v) is 4.80. The molecule has 0 aliphatic heterocycles. The third kappa shape index (κ3) is 8.72. The van der Waals surface area contributed by atoms with Crippen LogP contribution in [0.4, 0.5) is 0 Å². The number of halogens is 2. The van der Waals surface area contributed by atoms with Gasteiger partial charge in [0.25, 0.3) is 0 Å². The number of hydrogen-bond donors (Lipinski definition) is 1. The molecular formula is C23H33Cl2NO2. The van der Waals surface area contributed by atoms with Crippen molar-refractivity contribution < 1.29 is 9.47 Å². The second-order valence-electron chi connectivity index (χ2n) is 6.69. The fourth-order valence-corrected chi connectivity index (χ4v) is 3.10. The monoisotopic (exact) mass is 425 g/mol. The molecule has 0 atom stereocenters. The molecule has 0 aliphatic rings. The van der Waals surface area contributed by atoms with E-state index >= 15 is 0 Å². The minimum atomic E-state index is 0. The summed E-state index contributed by atoms with van der Waals surface area (Å²) in [5.41, 5.74) is 2.17. The van der Waals surface area contributed by atoms with Crippen LogP contribution in [0.3, 0.4) is 0 Å². The van der Waals surface area contributed by atoms with Gasteiger partial charge in [0.05, 0.1) is 6.61 Å². The van der Waals surface area contributed by atoms with E-state index in [2.05, 4.69) is 24.4 Å². The van der Waals surface area contributed by atoms with E-state index in [1.165, 1.54) is 37.7 Å². The van der Waals surface area contributed by atoms with Crippen LogP contribution >= 0.6 is 24.0 Å². The molecule has 0 aliphatic carbocycles. The lowest BCUT2D eigenvalue weighted by molar-refractivity contribution is 0.269. The first-order valence-corrected chi connectivity index (χ1v) is 10.4. The van der Waals surface area contributed by atoms with Crippen molar-refractivity contribution in [3.8, 4) is 11.5 Å². The molecule has 0 heterocycles. The smallest absolute Gasteiger partial charge is 0.161 e. The lowest BCUT2D eigenvalue weighted by Crippen LogP contribution is -2.14. The Morgan fingerprint density at radius 3 is 2.43 bits per heavy atom. The van der Waals surface area contributed by atoms with Crippen LogP contribution in [0.2, 0.25) is 5.02 Å². The van der Waals surface area contributed by atoms with Crippen molar-refractivity contribution in [2.75, 3.05) is 13.2 Å². The first-order chi connectivity index (χ1) is 13.2. The molecule has 0 fully saturated rings. The molecule has 0 radical (unpaired) electrons. The highest BCUT2D eigenvalue weighted by Gasteiger charge is 2.08. The molecule has 5 heteroatoms. The van der Waals surface area contributed by atoms with Crippen molar-refractivity contribution in [3.63, 3.8) is 0 Å². The average molecular weight is 426 g/mol. The summed E-state index contributed by atoms with van der Waals surface area (Å²) in [5, 5.41) is 4.24. The number of rotatable bonds is 13. The van der Waals surface area contributed by atoms with E-state index in [1.807, 2.05) is 37.3 Å². The van der Waals surface area contributed by atoms with Crippen molar-refractivity contribution >= 4 is 24.0 Å². The first kappa shape index (κ1) is 24.6. The van der Waals surface area contributed by atoms with E-state index < -0.39 is 0 Å². The topological polar surface area (TPSA) is 30.5 Å². The Kier molecular flexibility index (Phi) is 12.8. The summed E-state index contributed by atoms with van der Waals surface area (Å²) in [4.78, 5) is 0. The van der Waals surface area contributed by atoms with Crippen LogP contribution in [0.1, 0.15) is 57.1 Å². The van der Waals surface area contributed by atoms with Crippen LogP contribution in [0.15, 0.2) is 42.5 Å². The van der Waals surface area contributed by atoms with Gasteiger partial charge in [-0.25, -0.2) is 0 Å². The summed E-state index contributed by atoms with van der Waals surface area (Å²) < 4.78 is 11.7. The van der Waals surface area contributed by atoms with Gasteiger partial charge in [-0.1, -0.05) is 68.5 Å². The van der Waals surface area contributed by atoms with Crippen molar-refractivity contribution in [3.05, 3.63) is 58.6 Å². The maximum atomic E-state index is 6.21. The van der Waals surface area contributed by atoms with E-state index in [1.54, 1.807) is 0 Å². The lowest BCUT2D eigenvalue weighted by Gasteiger charge is -2.14. The van der Waals surface area contributed by atoms with E-state index in [0.29, 0.717) is 13.2 Å². The molecule has 0 unspecified atom stereocenters. The Bertz CT molecular complexity index is 679. The van der Waals surface area contributed by atoms with Crippen molar-refractivity contribution in [1.82, 2.24) is 5.32 Å². The summed E-state index contributed by atoms with van der Waals surface area (Å²) in [6.07, 6.45) is 6.51. The number of unbranched alkanes of at least 4 members (excludes halogenated alkanes) is 4. The number of benzene rings is 2. The predicted molar refractivity (Wildman–Crippen MR) is 121 cm³/mol. The van der Waals surface area contributed by atoms with Crippen LogP contribution in [-0.4, -0.2) is 13.2 Å². The second-order valence-corrected chi connectivity index (χ2v) is 7.09. The highest BCUT2D eigenvalue weighted by Crippen LogP contribution is 2.30. The Morgan fingerprint density at radius 2 is 1.68 bits per heavy atom. The second kappa shape index (κ2) is 14.6. The SMILES string of the molecule is CCCCCCCNCc1ccc(OCc2ccccc2Cl)c(OCC)c1.Cl. The third-order valence-electron chi connectivity index (χ3n) is 4.44. The summed E-state index contributed by atoms with van der Waals surface area (Å²) in [7, 11) is 0. The molecule has 0 spiro atoms. The molecule has 0 saturated carbocycles. The Balaban J connectivity index is 0.00000392. The van der Waals surface area contributed by atoms with Gasteiger partial charge in [-0.2, -0.15) is 0 Å². The van der Waals surface area contributed by atoms with Gasteiger partial charge in [0.1, 0.15) is 6.61 Å². The molecule has 0 aromatic heterocycles. The molecule has 28 heavy (non-hydrogen) atoms. The Morgan fingerprint density at radius 1 is 0.893 bits per heavy atom. The van der Waals surface area contributed by atoms with Crippen LogP contribution in [0.5, 0.6) is 11.5 Å². The Hall–Kier alpha value is -1.42. The van der Waals surface area contributed by atoms with Gasteiger partial charge in [-0.05, 0) is 43.7 Å². The zero-order valence-corrected chi connectivity index (χ0v) is 18.6. The zero-order valence-electron chi connectivity index (χ0n) is 17.0. The summed E-state index contributed by atoms with van der Waals surface area (Å²) in [6, 6.07) is 13.9. The fourth-order valence-electron chi connectivity index (χ4n) is 2.91. The van der Waals surface area contributed by atoms with Gasteiger partial charge in [0.2, 0.25) is 0 Å². The molecular weight excluding hydrogens is 393 g/mol. The quantitative estimate of drug-likeness (QED) is 0.357. The van der Waals surface area contributed by atoms with Crippen molar-refractivity contribution in [2.24, 2.45) is 0 Å². The maximum absolute atomic E-state index is 6.21. The standard InChI is InChI=1S/C23H32ClNO2.ClH/c1-3-5-6-7-10-15-25-17-19-13-14-22(23(16-19)26-4-2)27-18-20-11-8-9-12-21(20)24;/h8-9,11-14,16,25H,3-7,10,15,17-18H2,1-2H3;1H. The lowest BCUT2D eigenvalue weighted by atomic mass is 10.1. The highest BCUT2D eigenvalue weighted by atomic mass is 35.5. The van der Waals surface area contributed by atoms with Crippen LogP contribution < -0.4 is 14.8 Å². The van der Waals surface area contributed by atoms with Gasteiger partial charge in [0.15, 0.2) is 11.5 Å². The van der Waals surface area contributed by atoms with Gasteiger partial charge >= 0.3 is 0 Å². The minimum Gasteiger partial charge on any atom is -0.490 e. The minimum absolute atomic E-state index is 0. The molecule has 0 bridgehead atoms. The molecule has 156 valence electrons.